The Labute approximate surface area is 117 Å². The molecule has 7 heteroatoms. The summed E-state index contributed by atoms with van der Waals surface area (Å²) < 4.78 is 26.8. The molecule has 6 nitrogen and oxygen atoms in total. The van der Waals surface area contributed by atoms with Crippen molar-refractivity contribution in [2.24, 2.45) is 5.73 Å². The molecule has 3 rings (SSSR count). The van der Waals surface area contributed by atoms with Crippen LogP contribution >= 0.6 is 0 Å². The lowest BCUT2D eigenvalue weighted by Crippen LogP contribution is -2.33. The van der Waals surface area contributed by atoms with E-state index in [9.17, 15) is 8.42 Å². The summed E-state index contributed by atoms with van der Waals surface area (Å²) >= 11 is 0. The minimum atomic E-state index is -3.58. The number of benzene rings is 1. The predicted molar refractivity (Wildman–Crippen MR) is 75.6 cm³/mol. The Hall–Kier alpha value is -1.86. The van der Waals surface area contributed by atoms with Crippen LogP contribution in [0.3, 0.4) is 0 Å². The second-order valence-corrected chi connectivity index (χ2v) is 6.60. The minimum absolute atomic E-state index is 0.0343. The molecule has 1 aromatic carbocycles. The minimum Gasteiger partial charge on any atom is -0.334 e. The number of aromatic nitrogens is 2. The molecule has 0 radical (unpaired) electrons. The molecule has 106 valence electrons. The number of nitrogens with one attached hydrogen (secondary N) is 1. The van der Waals surface area contributed by atoms with Crippen LogP contribution in [0.25, 0.3) is 0 Å². The molecule has 0 aliphatic heterocycles. The molecule has 0 unspecified atom stereocenters. The van der Waals surface area contributed by atoms with Crippen molar-refractivity contribution in [1.29, 1.82) is 0 Å². The van der Waals surface area contributed by atoms with Gasteiger partial charge in [0, 0.05) is 12.6 Å². The summed E-state index contributed by atoms with van der Waals surface area (Å²) in [5, 5.41) is 0.118. The molecule has 1 aliphatic carbocycles. The molecule has 0 saturated heterocycles. The lowest BCUT2D eigenvalue weighted by molar-refractivity contribution is 0.587. The molecule has 20 heavy (non-hydrogen) atoms. The zero-order valence-electron chi connectivity index (χ0n) is 10.9. The molecule has 1 aliphatic rings. The quantitative estimate of drug-likeness (QED) is 0.867. The van der Waals surface area contributed by atoms with Gasteiger partial charge in [-0.05, 0) is 30.5 Å². The predicted octanol–water partition coefficient (Wildman–Crippen LogP) is 1.23. The van der Waals surface area contributed by atoms with Crippen LogP contribution in [-0.2, 0) is 16.6 Å². The Balaban J connectivity index is 2.01. The molecule has 2 aromatic rings. The van der Waals surface area contributed by atoms with Crippen LogP contribution in [0, 0.1) is 0 Å². The summed E-state index contributed by atoms with van der Waals surface area (Å²) in [7, 11) is -3.58. The van der Waals surface area contributed by atoms with Gasteiger partial charge >= 0.3 is 0 Å². The number of hydrogen-bond acceptors (Lipinski definition) is 4. The van der Waals surface area contributed by atoms with Gasteiger partial charge in [0.15, 0.2) is 5.03 Å². The third kappa shape index (κ3) is 2.30. The fraction of sp³-hybridized carbons (Fsp3) is 0.308. The van der Waals surface area contributed by atoms with Gasteiger partial charge in [-0.3, -0.25) is 4.31 Å². The molecule has 0 bridgehead atoms. The van der Waals surface area contributed by atoms with Gasteiger partial charge < -0.3 is 10.7 Å². The van der Waals surface area contributed by atoms with Gasteiger partial charge in [-0.25, -0.2) is 4.98 Å². The maximum absolute atomic E-state index is 12.7. The first-order valence-corrected chi connectivity index (χ1v) is 7.89. The lowest BCUT2D eigenvalue weighted by atomic mass is 10.2. The molecule has 0 amide bonds. The van der Waals surface area contributed by atoms with Gasteiger partial charge in [-0.15, -0.1) is 0 Å². The van der Waals surface area contributed by atoms with Gasteiger partial charge in [0.2, 0.25) is 0 Å². The molecule has 0 atom stereocenters. The highest BCUT2D eigenvalue weighted by atomic mass is 32.2. The molecule has 3 N–H and O–H groups in total. The number of anilines is 1. The Bertz CT molecular complexity index is 676. The van der Waals surface area contributed by atoms with Gasteiger partial charge in [0.05, 0.1) is 18.2 Å². The number of nitrogens with two attached hydrogens (primary N) is 1. The van der Waals surface area contributed by atoms with Crippen molar-refractivity contribution in [1.82, 2.24) is 9.97 Å². The standard InChI is InChI=1S/C13H16N4O2S/c14-7-10-1-3-11(4-2-10)17(12-5-6-12)20(18,19)13-8-15-9-16-13/h1-4,8-9,12H,5-7,14H2,(H,15,16). The summed E-state index contributed by atoms with van der Waals surface area (Å²) in [6.07, 6.45) is 4.46. The highest BCUT2D eigenvalue weighted by Crippen LogP contribution is 2.36. The Morgan fingerprint density at radius 1 is 1.30 bits per heavy atom. The fourth-order valence-corrected chi connectivity index (χ4v) is 3.73. The van der Waals surface area contributed by atoms with E-state index in [0.717, 1.165) is 18.4 Å². The third-order valence-electron chi connectivity index (χ3n) is 3.32. The van der Waals surface area contributed by atoms with Crippen molar-refractivity contribution < 1.29 is 8.42 Å². The van der Waals surface area contributed by atoms with Crippen LogP contribution in [0.5, 0.6) is 0 Å². The number of hydrogen-bond donors (Lipinski definition) is 2. The summed E-state index contributed by atoms with van der Waals surface area (Å²) in [6, 6.07) is 7.34. The second kappa shape index (κ2) is 4.92. The fourth-order valence-electron chi connectivity index (χ4n) is 2.12. The van der Waals surface area contributed by atoms with Gasteiger partial charge in [-0.1, -0.05) is 12.1 Å². The molecule has 0 spiro atoms. The number of H-pyrrole nitrogens is 1. The lowest BCUT2D eigenvalue weighted by Gasteiger charge is -2.23. The summed E-state index contributed by atoms with van der Waals surface area (Å²) in [4.78, 5) is 6.47. The van der Waals surface area contributed by atoms with Crippen molar-refractivity contribution in [3.63, 3.8) is 0 Å². The molecular formula is C13H16N4O2S. The smallest absolute Gasteiger partial charge is 0.281 e. The van der Waals surface area contributed by atoms with E-state index < -0.39 is 10.0 Å². The van der Waals surface area contributed by atoms with E-state index in [-0.39, 0.29) is 11.1 Å². The van der Waals surface area contributed by atoms with E-state index in [0.29, 0.717) is 12.2 Å². The van der Waals surface area contributed by atoms with Crippen molar-refractivity contribution >= 4 is 15.7 Å². The number of sulfonamides is 1. The van der Waals surface area contributed by atoms with Crippen molar-refractivity contribution in [2.75, 3.05) is 4.31 Å². The molecule has 1 fully saturated rings. The summed E-state index contributed by atoms with van der Waals surface area (Å²) in [5.41, 5.74) is 7.21. The first-order valence-electron chi connectivity index (χ1n) is 6.45. The van der Waals surface area contributed by atoms with Crippen LogP contribution in [-0.4, -0.2) is 24.4 Å². The first-order chi connectivity index (χ1) is 9.63. The Morgan fingerprint density at radius 2 is 2.00 bits per heavy atom. The Kier molecular flexibility index (Phi) is 3.23. The van der Waals surface area contributed by atoms with Gasteiger partial charge in [-0.2, -0.15) is 8.42 Å². The van der Waals surface area contributed by atoms with Crippen molar-refractivity contribution in [2.45, 2.75) is 30.5 Å². The van der Waals surface area contributed by atoms with Gasteiger partial charge in [0.1, 0.15) is 0 Å². The van der Waals surface area contributed by atoms with Crippen LogP contribution in [0.15, 0.2) is 41.8 Å². The van der Waals surface area contributed by atoms with E-state index in [4.69, 9.17) is 5.73 Å². The van der Waals surface area contributed by atoms with E-state index in [2.05, 4.69) is 9.97 Å². The molecule has 1 saturated carbocycles. The maximum atomic E-state index is 12.7. The summed E-state index contributed by atoms with van der Waals surface area (Å²) in [5.74, 6) is 0. The summed E-state index contributed by atoms with van der Waals surface area (Å²) in [6.45, 7) is 0.441. The number of imidazole rings is 1. The van der Waals surface area contributed by atoms with Gasteiger partial charge in [0.25, 0.3) is 10.0 Å². The van der Waals surface area contributed by atoms with Crippen LogP contribution in [0.1, 0.15) is 18.4 Å². The topological polar surface area (TPSA) is 92.1 Å². The first kappa shape index (κ1) is 13.1. The molecular weight excluding hydrogens is 276 g/mol. The van der Waals surface area contributed by atoms with Crippen LogP contribution in [0.2, 0.25) is 0 Å². The number of rotatable bonds is 5. The van der Waals surface area contributed by atoms with Crippen molar-refractivity contribution in [3.05, 3.63) is 42.4 Å². The van der Waals surface area contributed by atoms with Crippen LogP contribution < -0.4 is 10.0 Å². The molecule has 1 heterocycles. The largest absolute Gasteiger partial charge is 0.334 e. The average Bonchev–Trinajstić information content (AvgIpc) is 3.10. The SMILES string of the molecule is NCc1ccc(N(C2CC2)S(=O)(=O)c2cnc[nH]2)cc1. The molecule has 1 aromatic heterocycles. The normalized spacial score (nSPS) is 15.2. The van der Waals surface area contributed by atoms with Crippen LogP contribution in [0.4, 0.5) is 5.69 Å². The average molecular weight is 292 g/mol. The number of aromatic amines is 1. The highest BCUT2D eigenvalue weighted by Gasteiger charge is 2.38. The number of nitrogens with zero attached hydrogens (tertiary/aromatic N) is 2. The van der Waals surface area contributed by atoms with E-state index in [1.807, 2.05) is 12.1 Å². The zero-order chi connectivity index (χ0) is 14.2. The Morgan fingerprint density at radius 3 is 2.50 bits per heavy atom. The van der Waals surface area contributed by atoms with E-state index >= 15 is 0 Å². The maximum Gasteiger partial charge on any atom is 0.281 e. The third-order valence-corrected chi connectivity index (χ3v) is 5.12. The van der Waals surface area contributed by atoms with Crippen molar-refractivity contribution in [3.8, 4) is 0 Å². The zero-order valence-corrected chi connectivity index (χ0v) is 11.7. The highest BCUT2D eigenvalue weighted by molar-refractivity contribution is 7.92. The van der Waals surface area contributed by atoms with E-state index in [1.54, 1.807) is 12.1 Å². The monoisotopic (exact) mass is 292 g/mol. The van der Waals surface area contributed by atoms with E-state index in [1.165, 1.54) is 16.8 Å². The second-order valence-electron chi connectivity index (χ2n) is 4.82.